The number of aliphatic hydroxyl groups excluding tert-OH is 1. The topological polar surface area (TPSA) is 46.2 Å². The summed E-state index contributed by atoms with van der Waals surface area (Å²) in [6.45, 7) is 6.74. The molecule has 0 fully saturated rings. The van der Waals surface area contributed by atoms with E-state index in [0.717, 1.165) is 17.5 Å². The van der Waals surface area contributed by atoms with Crippen LogP contribution in [0.3, 0.4) is 0 Å². The van der Waals surface area contributed by atoms with E-state index in [9.17, 15) is 5.11 Å². The third kappa shape index (κ3) is 3.52. The molecular formula is C19H25NO. The second-order valence-corrected chi connectivity index (χ2v) is 5.73. The highest BCUT2D eigenvalue weighted by Gasteiger charge is 2.21. The molecule has 0 aromatic heterocycles. The molecule has 0 aliphatic rings. The van der Waals surface area contributed by atoms with E-state index >= 15 is 0 Å². The van der Waals surface area contributed by atoms with E-state index < -0.39 is 6.10 Å². The molecule has 112 valence electrons. The third-order valence-electron chi connectivity index (χ3n) is 4.32. The molecule has 0 radical (unpaired) electrons. The van der Waals surface area contributed by atoms with E-state index in [-0.39, 0.29) is 5.92 Å². The number of nitrogens with two attached hydrogens (primary N) is 1. The Morgan fingerprint density at radius 1 is 0.952 bits per heavy atom. The van der Waals surface area contributed by atoms with Gasteiger partial charge in [0.15, 0.2) is 0 Å². The predicted octanol–water partition coefficient (Wildman–Crippen LogP) is 3.64. The summed E-state index contributed by atoms with van der Waals surface area (Å²) in [5, 5.41) is 10.7. The zero-order valence-electron chi connectivity index (χ0n) is 13.1. The lowest BCUT2D eigenvalue weighted by molar-refractivity contribution is 0.147. The lowest BCUT2D eigenvalue weighted by Crippen LogP contribution is -2.20. The Morgan fingerprint density at radius 2 is 1.57 bits per heavy atom. The van der Waals surface area contributed by atoms with Crippen molar-refractivity contribution in [3.63, 3.8) is 0 Å². The first kappa shape index (κ1) is 15.7. The third-order valence-corrected chi connectivity index (χ3v) is 4.32. The maximum absolute atomic E-state index is 10.7. The molecule has 0 bridgehead atoms. The monoisotopic (exact) mass is 283 g/mol. The van der Waals surface area contributed by atoms with Crippen LogP contribution in [-0.4, -0.2) is 11.7 Å². The summed E-state index contributed by atoms with van der Waals surface area (Å²) in [4.78, 5) is 0. The predicted molar refractivity (Wildman–Crippen MR) is 88.5 cm³/mol. The second kappa shape index (κ2) is 6.88. The highest BCUT2D eigenvalue weighted by Crippen LogP contribution is 2.31. The smallest absolute Gasteiger partial charge is 0.0870 e. The number of rotatable bonds is 5. The van der Waals surface area contributed by atoms with Crippen LogP contribution in [0.1, 0.15) is 46.8 Å². The maximum Gasteiger partial charge on any atom is 0.0870 e. The van der Waals surface area contributed by atoms with E-state index in [0.29, 0.717) is 6.54 Å². The molecule has 2 atom stereocenters. The largest absolute Gasteiger partial charge is 0.388 e. The van der Waals surface area contributed by atoms with Gasteiger partial charge in [-0.3, -0.25) is 0 Å². The van der Waals surface area contributed by atoms with Gasteiger partial charge in [-0.15, -0.1) is 0 Å². The zero-order valence-corrected chi connectivity index (χ0v) is 13.1. The Kier molecular flexibility index (Phi) is 5.16. The van der Waals surface area contributed by atoms with Crippen LogP contribution in [0.5, 0.6) is 0 Å². The highest BCUT2D eigenvalue weighted by atomic mass is 16.3. The minimum Gasteiger partial charge on any atom is -0.388 e. The van der Waals surface area contributed by atoms with Crippen LogP contribution in [0.15, 0.2) is 42.5 Å². The molecule has 2 aromatic rings. The fourth-order valence-corrected chi connectivity index (χ4v) is 2.63. The van der Waals surface area contributed by atoms with Gasteiger partial charge in [0.25, 0.3) is 0 Å². The standard InChI is InChI=1S/C19H25NO/c1-4-15-6-9-16(10-7-15)19(21)18(12-20)17-8-5-13(2)14(3)11-17/h5-11,18-19,21H,4,12,20H2,1-3H3. The van der Waals surface area contributed by atoms with Crippen LogP contribution in [-0.2, 0) is 6.42 Å². The van der Waals surface area contributed by atoms with Crippen molar-refractivity contribution in [3.05, 3.63) is 70.3 Å². The average Bonchev–Trinajstić information content (AvgIpc) is 2.51. The van der Waals surface area contributed by atoms with Crippen LogP contribution in [0, 0.1) is 13.8 Å². The van der Waals surface area contributed by atoms with Crippen LogP contribution in [0.25, 0.3) is 0 Å². The molecule has 2 unspecified atom stereocenters. The number of aliphatic hydroxyl groups is 1. The van der Waals surface area contributed by atoms with Crippen molar-refractivity contribution in [2.24, 2.45) is 5.73 Å². The van der Waals surface area contributed by atoms with Crippen molar-refractivity contribution in [3.8, 4) is 0 Å². The van der Waals surface area contributed by atoms with Crippen LogP contribution in [0.4, 0.5) is 0 Å². The van der Waals surface area contributed by atoms with Crippen molar-refractivity contribution in [2.45, 2.75) is 39.2 Å². The van der Waals surface area contributed by atoms with E-state index in [4.69, 9.17) is 5.73 Å². The summed E-state index contributed by atoms with van der Waals surface area (Å²) in [5.41, 5.74) is 11.7. The van der Waals surface area contributed by atoms with Crippen LogP contribution in [0.2, 0.25) is 0 Å². The Morgan fingerprint density at radius 3 is 2.10 bits per heavy atom. The number of hydrogen-bond donors (Lipinski definition) is 2. The van der Waals surface area contributed by atoms with Crippen molar-refractivity contribution < 1.29 is 5.11 Å². The number of hydrogen-bond acceptors (Lipinski definition) is 2. The van der Waals surface area contributed by atoms with Crippen LogP contribution >= 0.6 is 0 Å². The van der Waals surface area contributed by atoms with E-state index in [1.54, 1.807) is 0 Å². The first-order chi connectivity index (χ1) is 10.1. The number of aryl methyl sites for hydroxylation is 3. The molecule has 0 spiro atoms. The molecule has 0 amide bonds. The summed E-state index contributed by atoms with van der Waals surface area (Å²) >= 11 is 0. The van der Waals surface area contributed by atoms with Gasteiger partial charge in [-0.2, -0.15) is 0 Å². The maximum atomic E-state index is 10.7. The van der Waals surface area contributed by atoms with Crippen molar-refractivity contribution in [1.82, 2.24) is 0 Å². The Balaban J connectivity index is 2.28. The molecule has 2 rings (SSSR count). The van der Waals surface area contributed by atoms with Gasteiger partial charge >= 0.3 is 0 Å². The minimum absolute atomic E-state index is 0.0724. The Hall–Kier alpha value is -1.64. The van der Waals surface area contributed by atoms with E-state index in [1.165, 1.54) is 16.7 Å². The summed E-state index contributed by atoms with van der Waals surface area (Å²) in [6.07, 6.45) is 0.441. The Bertz CT molecular complexity index is 589. The van der Waals surface area contributed by atoms with Gasteiger partial charge in [-0.05, 0) is 48.1 Å². The van der Waals surface area contributed by atoms with Gasteiger partial charge in [0.1, 0.15) is 0 Å². The summed E-state index contributed by atoms with van der Waals surface area (Å²) in [6, 6.07) is 14.5. The lowest BCUT2D eigenvalue weighted by Gasteiger charge is -2.23. The highest BCUT2D eigenvalue weighted by molar-refractivity contribution is 5.35. The van der Waals surface area contributed by atoms with Crippen molar-refractivity contribution in [2.75, 3.05) is 6.54 Å². The summed E-state index contributed by atoms with van der Waals surface area (Å²) in [7, 11) is 0. The molecule has 0 aliphatic carbocycles. The molecule has 0 heterocycles. The molecular weight excluding hydrogens is 258 g/mol. The average molecular weight is 283 g/mol. The summed E-state index contributed by atoms with van der Waals surface area (Å²) < 4.78 is 0. The van der Waals surface area contributed by atoms with Gasteiger partial charge in [0, 0.05) is 12.5 Å². The number of benzene rings is 2. The quantitative estimate of drug-likeness (QED) is 0.880. The van der Waals surface area contributed by atoms with Crippen LogP contribution < -0.4 is 5.73 Å². The molecule has 3 N–H and O–H groups in total. The van der Waals surface area contributed by atoms with Gasteiger partial charge < -0.3 is 10.8 Å². The molecule has 21 heavy (non-hydrogen) atoms. The van der Waals surface area contributed by atoms with Gasteiger partial charge in [-0.25, -0.2) is 0 Å². The normalized spacial score (nSPS) is 14.0. The molecule has 2 nitrogen and oxygen atoms in total. The first-order valence-corrected chi connectivity index (χ1v) is 7.61. The fourth-order valence-electron chi connectivity index (χ4n) is 2.63. The second-order valence-electron chi connectivity index (χ2n) is 5.73. The Labute approximate surface area is 127 Å². The van der Waals surface area contributed by atoms with E-state index in [2.05, 4.69) is 51.1 Å². The van der Waals surface area contributed by atoms with E-state index in [1.807, 2.05) is 12.1 Å². The van der Waals surface area contributed by atoms with Crippen molar-refractivity contribution in [1.29, 1.82) is 0 Å². The zero-order chi connectivity index (χ0) is 15.4. The van der Waals surface area contributed by atoms with Gasteiger partial charge in [-0.1, -0.05) is 49.4 Å². The van der Waals surface area contributed by atoms with Gasteiger partial charge in [0.2, 0.25) is 0 Å². The lowest BCUT2D eigenvalue weighted by atomic mass is 9.87. The SMILES string of the molecule is CCc1ccc(C(O)C(CN)c2ccc(C)c(C)c2)cc1. The van der Waals surface area contributed by atoms with Crippen molar-refractivity contribution >= 4 is 0 Å². The van der Waals surface area contributed by atoms with Gasteiger partial charge in [0.05, 0.1) is 6.10 Å². The molecule has 0 aliphatic heterocycles. The molecule has 2 aromatic carbocycles. The molecule has 0 saturated carbocycles. The fraction of sp³-hybridized carbons (Fsp3) is 0.368. The minimum atomic E-state index is -0.567. The summed E-state index contributed by atoms with van der Waals surface area (Å²) in [5.74, 6) is -0.0724. The molecule has 2 heteroatoms. The molecule has 0 saturated heterocycles. The first-order valence-electron chi connectivity index (χ1n) is 7.61.